The number of carbonyl (C=O) groups is 2. The molecular formula is C17H14BrFN2O2. The number of halogens is 2. The summed E-state index contributed by atoms with van der Waals surface area (Å²) < 4.78 is 13.7. The predicted molar refractivity (Wildman–Crippen MR) is 88.7 cm³/mol. The van der Waals surface area contributed by atoms with Crippen LogP contribution in [0.1, 0.15) is 15.9 Å². The molecule has 0 radical (unpaired) electrons. The van der Waals surface area contributed by atoms with Gasteiger partial charge in [-0.1, -0.05) is 28.1 Å². The van der Waals surface area contributed by atoms with Crippen LogP contribution in [0.2, 0.25) is 0 Å². The highest BCUT2D eigenvalue weighted by atomic mass is 79.9. The Morgan fingerprint density at radius 2 is 1.83 bits per heavy atom. The van der Waals surface area contributed by atoms with Gasteiger partial charge in [0, 0.05) is 11.0 Å². The Morgan fingerprint density at radius 1 is 1.13 bits per heavy atom. The highest BCUT2D eigenvalue weighted by Crippen LogP contribution is 2.31. The first-order chi connectivity index (χ1) is 11.0. The number of Topliss-reactive ketones (excluding diaryl/α,β-unsaturated/α-hetero) is 1. The lowest BCUT2D eigenvalue weighted by Crippen LogP contribution is -2.38. The fourth-order valence-electron chi connectivity index (χ4n) is 2.61. The Kier molecular flexibility index (Phi) is 4.28. The SMILES string of the molecule is CN(Cc1ccc(F)cc1)CN1C(=O)C(=O)c2cc(Br)ccc21. The van der Waals surface area contributed by atoms with E-state index in [0.717, 1.165) is 10.0 Å². The minimum atomic E-state index is -0.524. The third kappa shape index (κ3) is 3.18. The van der Waals surface area contributed by atoms with Crippen molar-refractivity contribution in [2.45, 2.75) is 6.54 Å². The third-order valence-corrected chi connectivity index (χ3v) is 4.18. The number of rotatable bonds is 4. The quantitative estimate of drug-likeness (QED) is 0.769. The van der Waals surface area contributed by atoms with Gasteiger partial charge in [0.15, 0.2) is 0 Å². The number of hydrogen-bond donors (Lipinski definition) is 0. The van der Waals surface area contributed by atoms with Gasteiger partial charge in [-0.2, -0.15) is 0 Å². The summed E-state index contributed by atoms with van der Waals surface area (Å²) in [5.74, 6) is -1.29. The van der Waals surface area contributed by atoms with Gasteiger partial charge in [-0.05, 0) is 42.9 Å². The molecule has 0 fully saturated rings. The number of benzene rings is 2. The minimum Gasteiger partial charge on any atom is -0.291 e. The van der Waals surface area contributed by atoms with Crippen LogP contribution in [0, 0.1) is 5.82 Å². The molecule has 23 heavy (non-hydrogen) atoms. The van der Waals surface area contributed by atoms with E-state index in [4.69, 9.17) is 0 Å². The maximum absolute atomic E-state index is 12.9. The molecule has 0 saturated carbocycles. The lowest BCUT2D eigenvalue weighted by Gasteiger charge is -2.24. The average molecular weight is 377 g/mol. The first-order valence-electron chi connectivity index (χ1n) is 7.04. The maximum Gasteiger partial charge on any atom is 0.300 e. The van der Waals surface area contributed by atoms with Gasteiger partial charge in [-0.15, -0.1) is 0 Å². The number of hydrogen-bond acceptors (Lipinski definition) is 3. The van der Waals surface area contributed by atoms with Gasteiger partial charge in [0.25, 0.3) is 5.78 Å². The Balaban J connectivity index is 1.76. The fraction of sp³-hybridized carbons (Fsp3) is 0.176. The smallest absolute Gasteiger partial charge is 0.291 e. The molecule has 2 aromatic rings. The number of amides is 1. The molecule has 2 aromatic carbocycles. The Morgan fingerprint density at radius 3 is 2.52 bits per heavy atom. The second-order valence-electron chi connectivity index (χ2n) is 5.51. The number of anilines is 1. The van der Waals surface area contributed by atoms with Crippen molar-refractivity contribution < 1.29 is 14.0 Å². The molecule has 1 heterocycles. The van der Waals surface area contributed by atoms with Crippen molar-refractivity contribution in [1.82, 2.24) is 4.90 Å². The van der Waals surface area contributed by atoms with E-state index in [2.05, 4.69) is 15.9 Å². The van der Waals surface area contributed by atoms with Gasteiger partial charge in [0.05, 0.1) is 17.9 Å². The molecule has 3 rings (SSSR count). The van der Waals surface area contributed by atoms with Crippen LogP contribution in [0.5, 0.6) is 0 Å². The molecule has 1 aliphatic heterocycles. The number of fused-ring (bicyclic) bond motifs is 1. The normalized spacial score (nSPS) is 13.8. The van der Waals surface area contributed by atoms with Crippen LogP contribution in [-0.4, -0.2) is 30.3 Å². The zero-order valence-corrected chi connectivity index (χ0v) is 14.0. The molecule has 0 N–H and O–H groups in total. The highest BCUT2D eigenvalue weighted by molar-refractivity contribution is 9.10. The van der Waals surface area contributed by atoms with E-state index in [1.54, 1.807) is 30.3 Å². The minimum absolute atomic E-state index is 0.281. The van der Waals surface area contributed by atoms with Crippen molar-refractivity contribution in [1.29, 1.82) is 0 Å². The van der Waals surface area contributed by atoms with E-state index in [1.807, 2.05) is 11.9 Å². The van der Waals surface area contributed by atoms with Gasteiger partial charge >= 0.3 is 5.91 Å². The summed E-state index contributed by atoms with van der Waals surface area (Å²) in [6, 6.07) is 11.4. The maximum atomic E-state index is 12.9. The van der Waals surface area contributed by atoms with Crippen molar-refractivity contribution in [2.24, 2.45) is 0 Å². The largest absolute Gasteiger partial charge is 0.300 e. The zero-order chi connectivity index (χ0) is 16.6. The van der Waals surface area contributed by atoms with Crippen molar-refractivity contribution in [3.63, 3.8) is 0 Å². The van der Waals surface area contributed by atoms with E-state index in [9.17, 15) is 14.0 Å². The summed E-state index contributed by atoms with van der Waals surface area (Å²) in [5, 5.41) is 0. The summed E-state index contributed by atoms with van der Waals surface area (Å²) in [4.78, 5) is 27.6. The molecule has 0 spiro atoms. The van der Waals surface area contributed by atoms with Crippen molar-refractivity contribution in [2.75, 3.05) is 18.6 Å². The lowest BCUT2D eigenvalue weighted by molar-refractivity contribution is -0.114. The molecule has 6 heteroatoms. The van der Waals surface area contributed by atoms with Crippen LogP contribution in [-0.2, 0) is 11.3 Å². The first kappa shape index (κ1) is 15.8. The van der Waals surface area contributed by atoms with E-state index >= 15 is 0 Å². The topological polar surface area (TPSA) is 40.6 Å². The zero-order valence-electron chi connectivity index (χ0n) is 12.4. The van der Waals surface area contributed by atoms with Gasteiger partial charge in [-0.3, -0.25) is 19.4 Å². The van der Waals surface area contributed by atoms with Crippen molar-refractivity contribution in [3.05, 3.63) is 63.9 Å². The summed E-state index contributed by atoms with van der Waals surface area (Å²) in [5.41, 5.74) is 1.97. The molecule has 0 aromatic heterocycles. The number of ketones is 1. The second-order valence-corrected chi connectivity index (χ2v) is 6.42. The van der Waals surface area contributed by atoms with E-state index in [-0.39, 0.29) is 12.5 Å². The summed E-state index contributed by atoms with van der Waals surface area (Å²) in [6.45, 7) is 0.834. The monoisotopic (exact) mass is 376 g/mol. The molecule has 1 aliphatic rings. The molecule has 0 aliphatic carbocycles. The number of nitrogens with zero attached hydrogens (tertiary/aromatic N) is 2. The van der Waals surface area contributed by atoms with Crippen LogP contribution in [0.25, 0.3) is 0 Å². The van der Waals surface area contributed by atoms with E-state index < -0.39 is 11.7 Å². The molecule has 0 saturated heterocycles. The van der Waals surface area contributed by atoms with E-state index in [0.29, 0.717) is 17.8 Å². The summed E-state index contributed by atoms with van der Waals surface area (Å²) in [7, 11) is 1.85. The van der Waals surface area contributed by atoms with Gasteiger partial charge < -0.3 is 0 Å². The first-order valence-corrected chi connectivity index (χ1v) is 7.84. The third-order valence-electron chi connectivity index (χ3n) is 3.68. The van der Waals surface area contributed by atoms with Crippen molar-refractivity contribution in [3.8, 4) is 0 Å². The number of carbonyl (C=O) groups excluding carboxylic acids is 2. The van der Waals surface area contributed by atoms with Crippen LogP contribution in [0.3, 0.4) is 0 Å². The standard InChI is InChI=1S/C17H14BrFN2O2/c1-20(9-11-2-5-13(19)6-3-11)10-21-15-7-4-12(18)8-14(15)16(22)17(21)23/h2-8H,9-10H2,1H3. The predicted octanol–water partition coefficient (Wildman–Crippen LogP) is 3.21. The second kappa shape index (κ2) is 6.22. The van der Waals surface area contributed by atoms with Gasteiger partial charge in [-0.25, -0.2) is 4.39 Å². The molecule has 4 nitrogen and oxygen atoms in total. The fourth-order valence-corrected chi connectivity index (χ4v) is 2.97. The Labute approximate surface area is 141 Å². The molecule has 118 valence electrons. The van der Waals surface area contributed by atoms with Gasteiger partial charge in [0.2, 0.25) is 0 Å². The Hall–Kier alpha value is -2.05. The van der Waals surface area contributed by atoms with Crippen LogP contribution in [0.15, 0.2) is 46.9 Å². The summed E-state index contributed by atoms with van der Waals surface area (Å²) >= 11 is 3.31. The molecule has 0 bridgehead atoms. The van der Waals surface area contributed by atoms with Crippen LogP contribution < -0.4 is 4.90 Å². The molecule has 1 amide bonds. The molecule has 0 unspecified atom stereocenters. The lowest BCUT2D eigenvalue weighted by atomic mass is 10.1. The van der Waals surface area contributed by atoms with Crippen molar-refractivity contribution >= 4 is 33.3 Å². The highest BCUT2D eigenvalue weighted by Gasteiger charge is 2.36. The van der Waals surface area contributed by atoms with Crippen LogP contribution in [0.4, 0.5) is 10.1 Å². The van der Waals surface area contributed by atoms with E-state index in [1.165, 1.54) is 17.0 Å². The van der Waals surface area contributed by atoms with Gasteiger partial charge in [0.1, 0.15) is 5.82 Å². The molecular weight excluding hydrogens is 363 g/mol. The summed E-state index contributed by atoms with van der Waals surface area (Å²) in [6.07, 6.45) is 0. The average Bonchev–Trinajstić information content (AvgIpc) is 2.74. The molecule has 0 atom stereocenters. The van der Waals surface area contributed by atoms with Crippen LogP contribution >= 0.6 is 15.9 Å². The Bertz CT molecular complexity index is 777.